The van der Waals surface area contributed by atoms with E-state index in [0.29, 0.717) is 5.82 Å². The van der Waals surface area contributed by atoms with Crippen LogP contribution in [0.25, 0.3) is 5.69 Å². The predicted octanol–water partition coefficient (Wildman–Crippen LogP) is 1.06. The van der Waals surface area contributed by atoms with Crippen LogP contribution in [0.5, 0.6) is 0 Å². The molecular weight excluding hydrogens is 178 g/mol. The third kappa shape index (κ3) is 1.42. The molecule has 1 aromatic heterocycles. The average molecular weight is 189 g/mol. The van der Waals surface area contributed by atoms with Crippen molar-refractivity contribution < 1.29 is 0 Å². The number of nitrogen functional groups attached to an aromatic ring is 1. The number of aromatic nitrogens is 2. The highest BCUT2D eigenvalue weighted by Crippen LogP contribution is 2.06. The van der Waals surface area contributed by atoms with Gasteiger partial charge in [-0.1, -0.05) is 17.7 Å². The smallest absolute Gasteiger partial charge is 0.273 e. The van der Waals surface area contributed by atoms with Crippen LogP contribution in [-0.2, 0) is 0 Å². The second-order valence-electron chi connectivity index (χ2n) is 3.22. The molecule has 4 nitrogen and oxygen atoms in total. The zero-order valence-electron chi connectivity index (χ0n) is 7.82. The van der Waals surface area contributed by atoms with Crippen LogP contribution in [0.1, 0.15) is 5.56 Å². The fourth-order valence-corrected chi connectivity index (χ4v) is 1.30. The Kier molecular flexibility index (Phi) is 1.89. The first-order chi connectivity index (χ1) is 6.66. The molecule has 4 heteroatoms. The molecule has 72 valence electrons. The third-order valence-electron chi connectivity index (χ3n) is 2.03. The van der Waals surface area contributed by atoms with Gasteiger partial charge in [-0.2, -0.15) is 0 Å². The van der Waals surface area contributed by atoms with Crippen molar-refractivity contribution in [2.45, 2.75) is 6.92 Å². The third-order valence-corrected chi connectivity index (χ3v) is 2.03. The summed E-state index contributed by atoms with van der Waals surface area (Å²) >= 11 is 0. The lowest BCUT2D eigenvalue weighted by atomic mass is 10.2. The molecule has 0 saturated carbocycles. The summed E-state index contributed by atoms with van der Waals surface area (Å²) in [6.45, 7) is 2.00. The Labute approximate surface area is 81.0 Å². The van der Waals surface area contributed by atoms with E-state index in [1.54, 1.807) is 0 Å². The summed E-state index contributed by atoms with van der Waals surface area (Å²) in [5.41, 5.74) is 7.27. The summed E-state index contributed by atoms with van der Waals surface area (Å²) in [6.07, 6.45) is 0. The molecule has 2 aromatic rings. The lowest BCUT2D eigenvalue weighted by molar-refractivity contribution is 0.853. The minimum absolute atomic E-state index is 0.147. The number of hydrogen-bond acceptors (Lipinski definition) is 2. The average Bonchev–Trinajstić information content (AvgIpc) is 2.47. The maximum atomic E-state index is 11.4. The molecule has 2 rings (SSSR count). The van der Waals surface area contributed by atoms with Crippen molar-refractivity contribution in [3.05, 3.63) is 46.2 Å². The van der Waals surface area contributed by atoms with Crippen LogP contribution < -0.4 is 11.3 Å². The van der Waals surface area contributed by atoms with E-state index < -0.39 is 0 Å². The van der Waals surface area contributed by atoms with Crippen molar-refractivity contribution in [1.82, 2.24) is 9.78 Å². The van der Waals surface area contributed by atoms with Gasteiger partial charge in [-0.15, -0.1) is 0 Å². The summed E-state index contributed by atoms with van der Waals surface area (Å²) in [5, 5.41) is 2.76. The highest BCUT2D eigenvalue weighted by Gasteiger charge is 2.01. The molecule has 0 bridgehead atoms. The monoisotopic (exact) mass is 189 g/mol. The van der Waals surface area contributed by atoms with Gasteiger partial charge in [0.25, 0.3) is 5.56 Å². The molecule has 0 spiro atoms. The molecule has 0 fully saturated rings. The molecule has 0 radical (unpaired) electrons. The second kappa shape index (κ2) is 3.06. The van der Waals surface area contributed by atoms with Gasteiger partial charge in [-0.3, -0.25) is 9.89 Å². The van der Waals surface area contributed by atoms with Crippen LogP contribution in [0.4, 0.5) is 5.82 Å². The molecule has 0 aliphatic carbocycles. The van der Waals surface area contributed by atoms with E-state index in [9.17, 15) is 4.79 Å². The van der Waals surface area contributed by atoms with Crippen LogP contribution >= 0.6 is 0 Å². The van der Waals surface area contributed by atoms with Crippen LogP contribution in [-0.4, -0.2) is 9.78 Å². The minimum Gasteiger partial charge on any atom is -0.384 e. The Morgan fingerprint density at radius 2 is 1.93 bits per heavy atom. The zero-order chi connectivity index (χ0) is 10.1. The van der Waals surface area contributed by atoms with Gasteiger partial charge in [0, 0.05) is 6.07 Å². The van der Waals surface area contributed by atoms with Crippen molar-refractivity contribution >= 4 is 5.82 Å². The van der Waals surface area contributed by atoms with Gasteiger partial charge in [0.2, 0.25) is 0 Å². The van der Waals surface area contributed by atoms with Gasteiger partial charge < -0.3 is 5.73 Å². The van der Waals surface area contributed by atoms with E-state index in [1.807, 2.05) is 31.2 Å². The van der Waals surface area contributed by atoms with Crippen molar-refractivity contribution in [1.29, 1.82) is 0 Å². The lowest BCUT2D eigenvalue weighted by Crippen LogP contribution is -2.13. The molecule has 0 unspecified atom stereocenters. The van der Waals surface area contributed by atoms with Crippen molar-refractivity contribution in [2.24, 2.45) is 0 Å². The molecule has 0 atom stereocenters. The highest BCUT2D eigenvalue weighted by atomic mass is 16.1. The molecule has 0 aliphatic heterocycles. The number of rotatable bonds is 1. The van der Waals surface area contributed by atoms with E-state index in [-0.39, 0.29) is 5.56 Å². The van der Waals surface area contributed by atoms with E-state index in [0.717, 1.165) is 11.3 Å². The first-order valence-corrected chi connectivity index (χ1v) is 4.31. The SMILES string of the molecule is Cc1ccc(-n2[nH]c(N)cc2=O)cc1. The Morgan fingerprint density at radius 1 is 1.29 bits per heavy atom. The van der Waals surface area contributed by atoms with Gasteiger partial charge in [-0.25, -0.2) is 4.68 Å². The number of anilines is 1. The van der Waals surface area contributed by atoms with Gasteiger partial charge in [0.1, 0.15) is 5.82 Å². The number of hydrogen-bond donors (Lipinski definition) is 2. The molecule has 0 aliphatic rings. The summed E-state index contributed by atoms with van der Waals surface area (Å²) in [7, 11) is 0. The molecule has 1 heterocycles. The molecule has 14 heavy (non-hydrogen) atoms. The number of nitrogens with one attached hydrogen (secondary N) is 1. The first kappa shape index (κ1) is 8.62. The highest BCUT2D eigenvalue weighted by molar-refractivity contribution is 5.36. The number of nitrogens with two attached hydrogens (primary N) is 1. The topological polar surface area (TPSA) is 63.8 Å². The van der Waals surface area contributed by atoms with Crippen LogP contribution in [0.2, 0.25) is 0 Å². The molecule has 3 N–H and O–H groups in total. The maximum absolute atomic E-state index is 11.4. The fraction of sp³-hybridized carbons (Fsp3) is 0.100. The molecule has 1 aromatic carbocycles. The fourth-order valence-electron chi connectivity index (χ4n) is 1.30. The number of H-pyrrole nitrogens is 1. The van der Waals surface area contributed by atoms with E-state index in [4.69, 9.17) is 5.73 Å². The predicted molar refractivity (Wildman–Crippen MR) is 55.5 cm³/mol. The number of aryl methyl sites for hydroxylation is 1. The van der Waals surface area contributed by atoms with Gasteiger partial charge in [0.15, 0.2) is 0 Å². The van der Waals surface area contributed by atoms with Gasteiger partial charge >= 0.3 is 0 Å². The Balaban J connectivity index is 2.54. The maximum Gasteiger partial charge on any atom is 0.273 e. The van der Waals surface area contributed by atoms with Crippen molar-refractivity contribution in [3.63, 3.8) is 0 Å². The van der Waals surface area contributed by atoms with Crippen LogP contribution in [0.15, 0.2) is 35.1 Å². The molecule has 0 saturated heterocycles. The van der Waals surface area contributed by atoms with Gasteiger partial charge in [0.05, 0.1) is 5.69 Å². The quantitative estimate of drug-likeness (QED) is 0.704. The zero-order valence-corrected chi connectivity index (χ0v) is 7.82. The molecule has 0 amide bonds. The van der Waals surface area contributed by atoms with E-state index in [1.165, 1.54) is 10.7 Å². The standard InChI is InChI=1S/C10H11N3O/c1-7-2-4-8(5-3-7)13-10(14)6-9(11)12-13/h2-6,12H,11H2,1H3. The first-order valence-electron chi connectivity index (χ1n) is 4.31. The normalized spacial score (nSPS) is 10.4. The van der Waals surface area contributed by atoms with Crippen LogP contribution in [0.3, 0.4) is 0 Å². The Bertz CT molecular complexity index is 493. The molecular formula is C10H11N3O. The van der Waals surface area contributed by atoms with E-state index in [2.05, 4.69) is 5.10 Å². The van der Waals surface area contributed by atoms with Crippen molar-refractivity contribution in [2.75, 3.05) is 5.73 Å². The lowest BCUT2D eigenvalue weighted by Gasteiger charge is -2.01. The van der Waals surface area contributed by atoms with Gasteiger partial charge in [-0.05, 0) is 19.1 Å². The number of aromatic amines is 1. The second-order valence-corrected chi connectivity index (χ2v) is 3.22. The largest absolute Gasteiger partial charge is 0.384 e. The Morgan fingerprint density at radius 3 is 2.43 bits per heavy atom. The van der Waals surface area contributed by atoms with E-state index >= 15 is 0 Å². The summed E-state index contributed by atoms with van der Waals surface area (Å²) in [6, 6.07) is 8.98. The summed E-state index contributed by atoms with van der Waals surface area (Å²) < 4.78 is 1.41. The minimum atomic E-state index is -0.147. The van der Waals surface area contributed by atoms with Crippen LogP contribution in [0, 0.1) is 6.92 Å². The summed E-state index contributed by atoms with van der Waals surface area (Å²) in [4.78, 5) is 11.4. The summed E-state index contributed by atoms with van der Waals surface area (Å²) in [5.74, 6) is 0.371. The number of nitrogens with zero attached hydrogens (tertiary/aromatic N) is 1. The van der Waals surface area contributed by atoms with Crippen molar-refractivity contribution in [3.8, 4) is 5.69 Å². The Hall–Kier alpha value is -1.97. The number of benzene rings is 1.